The highest BCUT2D eigenvalue weighted by Crippen LogP contribution is 2.13. The van der Waals surface area contributed by atoms with E-state index in [2.05, 4.69) is 5.10 Å². The molecule has 0 unspecified atom stereocenters. The van der Waals surface area contributed by atoms with Crippen LogP contribution in [-0.4, -0.2) is 33.4 Å². The zero-order valence-corrected chi connectivity index (χ0v) is 10.2. The Balaban J connectivity index is 2.42. The van der Waals surface area contributed by atoms with E-state index in [0.717, 1.165) is 0 Å². The Hall–Kier alpha value is -2.63. The summed E-state index contributed by atoms with van der Waals surface area (Å²) in [6.45, 7) is 1.98. The molecule has 1 heterocycles. The van der Waals surface area contributed by atoms with Crippen LogP contribution in [0, 0.1) is 0 Å². The van der Waals surface area contributed by atoms with Gasteiger partial charge >= 0.3 is 11.9 Å². The van der Waals surface area contributed by atoms with Gasteiger partial charge in [-0.15, -0.1) is 0 Å². The highest BCUT2D eigenvalue weighted by molar-refractivity contribution is 5.89. The van der Waals surface area contributed by atoms with Crippen molar-refractivity contribution >= 4 is 11.9 Å². The van der Waals surface area contributed by atoms with Crippen molar-refractivity contribution < 1.29 is 19.4 Å². The fourth-order valence-corrected chi connectivity index (χ4v) is 1.64. The monoisotopic (exact) mass is 260 g/mol. The number of carboxylic acids is 1. The first-order chi connectivity index (χ1) is 9.13. The minimum absolute atomic E-state index is 0.128. The van der Waals surface area contributed by atoms with Crippen LogP contribution in [0.1, 0.15) is 27.8 Å². The highest BCUT2D eigenvalue weighted by atomic mass is 16.5. The lowest BCUT2D eigenvalue weighted by atomic mass is 10.2. The van der Waals surface area contributed by atoms with Crippen LogP contribution in [0.15, 0.2) is 36.5 Å². The molecular formula is C13H12N2O4. The maximum Gasteiger partial charge on any atom is 0.357 e. The van der Waals surface area contributed by atoms with Gasteiger partial charge in [-0.05, 0) is 31.2 Å². The molecule has 0 aliphatic heterocycles. The predicted octanol–water partition coefficient (Wildman–Crippen LogP) is 1.75. The summed E-state index contributed by atoms with van der Waals surface area (Å²) in [5.41, 5.74) is 0.875. The van der Waals surface area contributed by atoms with E-state index in [1.807, 2.05) is 0 Å². The molecule has 0 fully saturated rings. The van der Waals surface area contributed by atoms with Gasteiger partial charge in [-0.2, -0.15) is 5.10 Å². The molecule has 0 radical (unpaired) electrons. The van der Waals surface area contributed by atoms with Crippen LogP contribution in [0.25, 0.3) is 5.69 Å². The summed E-state index contributed by atoms with van der Waals surface area (Å²) < 4.78 is 6.26. The molecule has 98 valence electrons. The van der Waals surface area contributed by atoms with Gasteiger partial charge in [0.1, 0.15) is 0 Å². The lowest BCUT2D eigenvalue weighted by Gasteiger charge is -2.07. The molecule has 0 amide bonds. The Kier molecular flexibility index (Phi) is 3.61. The molecule has 6 nitrogen and oxygen atoms in total. The normalized spacial score (nSPS) is 10.2. The third-order valence-electron chi connectivity index (χ3n) is 2.46. The van der Waals surface area contributed by atoms with Gasteiger partial charge in [-0.3, -0.25) is 0 Å². The maximum atomic E-state index is 11.7. The molecule has 2 aromatic rings. The Morgan fingerprint density at radius 2 is 2.16 bits per heavy atom. The first kappa shape index (κ1) is 12.8. The van der Waals surface area contributed by atoms with Gasteiger partial charge in [0.2, 0.25) is 0 Å². The van der Waals surface area contributed by atoms with Crippen molar-refractivity contribution in [1.29, 1.82) is 0 Å². The molecule has 1 N–H and O–H groups in total. The number of ether oxygens (including phenoxy) is 1. The quantitative estimate of drug-likeness (QED) is 0.847. The number of aromatic nitrogens is 2. The summed E-state index contributed by atoms with van der Waals surface area (Å²) in [5.74, 6) is -1.53. The number of carboxylic acid groups (broad SMARTS) is 1. The first-order valence-electron chi connectivity index (χ1n) is 5.68. The van der Waals surface area contributed by atoms with Crippen molar-refractivity contribution in [3.8, 4) is 5.69 Å². The molecular weight excluding hydrogens is 248 g/mol. The van der Waals surface area contributed by atoms with E-state index in [-0.39, 0.29) is 17.9 Å². The number of carbonyl (C=O) groups excluding carboxylic acids is 1. The second-order valence-corrected chi connectivity index (χ2v) is 3.70. The van der Waals surface area contributed by atoms with Gasteiger partial charge in [0, 0.05) is 0 Å². The number of esters is 1. The second kappa shape index (κ2) is 5.34. The number of nitrogens with zero attached hydrogens (tertiary/aromatic N) is 2. The Morgan fingerprint density at radius 1 is 1.37 bits per heavy atom. The van der Waals surface area contributed by atoms with Crippen LogP contribution in [-0.2, 0) is 4.74 Å². The SMILES string of the molecule is CCOC(=O)c1ccnn1-c1cccc(C(=O)O)c1. The van der Waals surface area contributed by atoms with E-state index in [1.165, 1.54) is 29.1 Å². The minimum Gasteiger partial charge on any atom is -0.478 e. The average Bonchev–Trinajstić information content (AvgIpc) is 2.88. The summed E-state index contributed by atoms with van der Waals surface area (Å²) in [4.78, 5) is 22.6. The molecule has 0 spiro atoms. The van der Waals surface area contributed by atoms with Crippen molar-refractivity contribution in [2.75, 3.05) is 6.61 Å². The zero-order chi connectivity index (χ0) is 13.8. The molecule has 1 aromatic heterocycles. The summed E-state index contributed by atoms with van der Waals surface area (Å²) in [7, 11) is 0. The van der Waals surface area contributed by atoms with Crippen molar-refractivity contribution in [2.45, 2.75) is 6.92 Å². The maximum absolute atomic E-state index is 11.7. The fourth-order valence-electron chi connectivity index (χ4n) is 1.64. The van der Waals surface area contributed by atoms with Crippen LogP contribution in [0.4, 0.5) is 0 Å². The molecule has 0 atom stereocenters. The molecule has 1 aromatic carbocycles. The topological polar surface area (TPSA) is 81.4 Å². The van der Waals surface area contributed by atoms with Gasteiger partial charge in [0.25, 0.3) is 0 Å². The van der Waals surface area contributed by atoms with Gasteiger partial charge in [0.15, 0.2) is 5.69 Å². The molecule has 0 saturated heterocycles. The lowest BCUT2D eigenvalue weighted by Crippen LogP contribution is -2.12. The van der Waals surface area contributed by atoms with Gasteiger partial charge in [-0.25, -0.2) is 14.3 Å². The van der Waals surface area contributed by atoms with Crippen molar-refractivity contribution in [3.05, 3.63) is 47.8 Å². The largest absolute Gasteiger partial charge is 0.478 e. The molecule has 0 saturated carbocycles. The molecule has 0 aliphatic rings. The summed E-state index contributed by atoms with van der Waals surface area (Å²) in [5, 5.41) is 13.0. The Bertz CT molecular complexity index is 619. The van der Waals surface area contributed by atoms with Crippen LogP contribution in [0.3, 0.4) is 0 Å². The summed E-state index contributed by atoms with van der Waals surface area (Å²) >= 11 is 0. The Labute approximate surface area is 109 Å². The minimum atomic E-state index is -1.04. The average molecular weight is 260 g/mol. The van der Waals surface area contributed by atoms with Crippen LogP contribution in [0.5, 0.6) is 0 Å². The van der Waals surface area contributed by atoms with E-state index in [9.17, 15) is 9.59 Å². The highest BCUT2D eigenvalue weighted by Gasteiger charge is 2.15. The molecule has 0 bridgehead atoms. The molecule has 2 rings (SSSR count). The number of hydrogen-bond acceptors (Lipinski definition) is 4. The zero-order valence-electron chi connectivity index (χ0n) is 10.2. The molecule has 0 aliphatic carbocycles. The van der Waals surface area contributed by atoms with Crippen molar-refractivity contribution in [3.63, 3.8) is 0 Å². The van der Waals surface area contributed by atoms with Gasteiger partial charge in [-0.1, -0.05) is 6.07 Å². The second-order valence-electron chi connectivity index (χ2n) is 3.70. The lowest BCUT2D eigenvalue weighted by molar-refractivity contribution is 0.0515. The summed E-state index contributed by atoms with van der Waals surface area (Å²) in [6, 6.07) is 7.69. The molecule has 6 heteroatoms. The third kappa shape index (κ3) is 2.62. The fraction of sp³-hybridized carbons (Fsp3) is 0.154. The van der Waals surface area contributed by atoms with Gasteiger partial charge < -0.3 is 9.84 Å². The van der Waals surface area contributed by atoms with E-state index in [1.54, 1.807) is 19.1 Å². The number of aromatic carboxylic acids is 1. The van der Waals surface area contributed by atoms with E-state index < -0.39 is 11.9 Å². The smallest absolute Gasteiger partial charge is 0.357 e. The van der Waals surface area contributed by atoms with Gasteiger partial charge in [0.05, 0.1) is 24.1 Å². The van der Waals surface area contributed by atoms with Crippen LogP contribution >= 0.6 is 0 Å². The number of carbonyl (C=O) groups is 2. The van der Waals surface area contributed by atoms with Crippen molar-refractivity contribution in [1.82, 2.24) is 9.78 Å². The Morgan fingerprint density at radius 3 is 2.84 bits per heavy atom. The predicted molar refractivity (Wildman–Crippen MR) is 66.5 cm³/mol. The van der Waals surface area contributed by atoms with Crippen LogP contribution in [0.2, 0.25) is 0 Å². The number of rotatable bonds is 4. The summed E-state index contributed by atoms with van der Waals surface area (Å²) in [6.07, 6.45) is 1.46. The standard InChI is InChI=1S/C13H12N2O4/c1-2-19-13(18)11-6-7-14-15(11)10-5-3-4-9(8-10)12(16)17/h3-8H,2H2,1H3,(H,16,17). The van der Waals surface area contributed by atoms with E-state index >= 15 is 0 Å². The number of benzene rings is 1. The van der Waals surface area contributed by atoms with E-state index in [4.69, 9.17) is 9.84 Å². The number of hydrogen-bond donors (Lipinski definition) is 1. The first-order valence-corrected chi connectivity index (χ1v) is 5.68. The van der Waals surface area contributed by atoms with Crippen molar-refractivity contribution in [2.24, 2.45) is 0 Å². The van der Waals surface area contributed by atoms with Crippen LogP contribution < -0.4 is 0 Å². The van der Waals surface area contributed by atoms with E-state index in [0.29, 0.717) is 5.69 Å². The molecule has 19 heavy (non-hydrogen) atoms. The third-order valence-corrected chi connectivity index (χ3v) is 2.46.